The number of rotatable bonds is 4. The molecule has 1 N–H and O–H groups in total. The van der Waals surface area contributed by atoms with Gasteiger partial charge in [0.1, 0.15) is 16.7 Å². The lowest BCUT2D eigenvalue weighted by molar-refractivity contribution is -0.384. The maximum absolute atomic E-state index is 13.4. The molecule has 0 radical (unpaired) electrons. The van der Waals surface area contributed by atoms with E-state index in [-0.39, 0.29) is 16.4 Å². The molecule has 2 aromatic carbocycles. The van der Waals surface area contributed by atoms with E-state index >= 15 is 0 Å². The van der Waals surface area contributed by atoms with Crippen LogP contribution in [0.3, 0.4) is 0 Å². The number of hydrogen-bond acceptors (Lipinski definition) is 3. The number of nitro benzene ring substituents is 1. The first-order chi connectivity index (χ1) is 10.9. The molecule has 0 aliphatic heterocycles. The Morgan fingerprint density at radius 2 is 1.96 bits per heavy atom. The number of halogens is 3. The number of carbonyl (C=O) groups is 1. The summed E-state index contributed by atoms with van der Waals surface area (Å²) in [5.74, 6) is -2.19. The van der Waals surface area contributed by atoms with E-state index < -0.39 is 22.5 Å². The third-order valence-corrected chi connectivity index (χ3v) is 3.10. The van der Waals surface area contributed by atoms with Crippen molar-refractivity contribution in [2.45, 2.75) is 0 Å². The van der Waals surface area contributed by atoms with Crippen LogP contribution in [-0.2, 0) is 4.79 Å². The second-order valence-electron chi connectivity index (χ2n) is 4.41. The molecule has 2 rings (SSSR count). The summed E-state index contributed by atoms with van der Waals surface area (Å²) in [5, 5.41) is 12.9. The summed E-state index contributed by atoms with van der Waals surface area (Å²) < 4.78 is 26.4. The minimum absolute atomic E-state index is 0.0292. The van der Waals surface area contributed by atoms with Gasteiger partial charge in [0.25, 0.3) is 5.69 Å². The van der Waals surface area contributed by atoms with E-state index in [2.05, 4.69) is 5.32 Å². The van der Waals surface area contributed by atoms with Gasteiger partial charge < -0.3 is 5.32 Å². The van der Waals surface area contributed by atoms with Crippen molar-refractivity contribution < 1.29 is 18.5 Å². The van der Waals surface area contributed by atoms with Crippen molar-refractivity contribution in [2.24, 2.45) is 0 Å². The topological polar surface area (TPSA) is 72.2 Å². The Labute approximate surface area is 134 Å². The lowest BCUT2D eigenvalue weighted by atomic mass is 10.2. The Kier molecular flexibility index (Phi) is 5.02. The van der Waals surface area contributed by atoms with Crippen LogP contribution in [0.15, 0.2) is 42.5 Å². The Balaban J connectivity index is 2.14. The monoisotopic (exact) mass is 338 g/mol. The van der Waals surface area contributed by atoms with Gasteiger partial charge in [-0.3, -0.25) is 14.9 Å². The number of anilines is 1. The second kappa shape index (κ2) is 6.97. The molecule has 2 aromatic rings. The summed E-state index contributed by atoms with van der Waals surface area (Å²) in [7, 11) is 0. The van der Waals surface area contributed by atoms with Crippen LogP contribution >= 0.6 is 11.6 Å². The van der Waals surface area contributed by atoms with Gasteiger partial charge in [-0.15, -0.1) is 0 Å². The maximum atomic E-state index is 13.4. The molecule has 0 fully saturated rings. The molecule has 0 heterocycles. The van der Waals surface area contributed by atoms with Crippen molar-refractivity contribution in [1.29, 1.82) is 0 Å². The van der Waals surface area contributed by atoms with Crippen molar-refractivity contribution in [1.82, 2.24) is 0 Å². The van der Waals surface area contributed by atoms with Gasteiger partial charge in [-0.25, -0.2) is 8.78 Å². The molecule has 0 bridgehead atoms. The Bertz CT molecular complexity index is 809. The zero-order valence-corrected chi connectivity index (χ0v) is 12.2. The largest absolute Gasteiger partial charge is 0.320 e. The number of carbonyl (C=O) groups excluding carboxylic acids is 1. The molecule has 0 saturated heterocycles. The molecule has 0 aliphatic carbocycles. The number of nitrogens with zero attached hydrogens (tertiary/aromatic N) is 1. The molecule has 0 spiro atoms. The van der Waals surface area contributed by atoms with Crippen LogP contribution in [0.1, 0.15) is 5.56 Å². The van der Waals surface area contributed by atoms with E-state index in [1.807, 2.05) is 0 Å². The average molecular weight is 339 g/mol. The van der Waals surface area contributed by atoms with Gasteiger partial charge in [0.2, 0.25) is 5.91 Å². The lowest BCUT2D eigenvalue weighted by Gasteiger charge is -2.03. The van der Waals surface area contributed by atoms with Crippen molar-refractivity contribution in [2.75, 3.05) is 5.32 Å². The molecule has 0 atom stereocenters. The van der Waals surface area contributed by atoms with Crippen molar-refractivity contribution >= 4 is 35.0 Å². The first kappa shape index (κ1) is 16.6. The highest BCUT2D eigenvalue weighted by Gasteiger charge is 2.12. The zero-order valence-electron chi connectivity index (χ0n) is 11.4. The third kappa shape index (κ3) is 4.33. The molecular formula is C15H9ClF2N2O3. The quantitative estimate of drug-likeness (QED) is 0.516. The average Bonchev–Trinajstić information content (AvgIpc) is 2.50. The van der Waals surface area contributed by atoms with E-state index in [1.54, 1.807) is 0 Å². The van der Waals surface area contributed by atoms with E-state index in [0.29, 0.717) is 5.56 Å². The standard InChI is InChI=1S/C15H9ClF2N2O3/c16-11-4-1-9(7-14(11)20(22)23)2-6-15(21)19-13-8-10(17)3-5-12(13)18/h1-8H,(H,19,21)/b6-2+. The second-order valence-corrected chi connectivity index (χ2v) is 4.82. The van der Waals surface area contributed by atoms with Gasteiger partial charge in [-0.2, -0.15) is 0 Å². The van der Waals surface area contributed by atoms with Crippen LogP contribution in [-0.4, -0.2) is 10.8 Å². The highest BCUT2D eigenvalue weighted by Crippen LogP contribution is 2.25. The molecule has 5 nitrogen and oxygen atoms in total. The predicted octanol–water partition coefficient (Wildman–Crippen LogP) is 4.18. The fourth-order valence-electron chi connectivity index (χ4n) is 1.71. The fourth-order valence-corrected chi connectivity index (χ4v) is 1.90. The number of benzene rings is 2. The zero-order chi connectivity index (χ0) is 17.0. The molecular weight excluding hydrogens is 330 g/mol. The summed E-state index contributed by atoms with van der Waals surface area (Å²) in [6.07, 6.45) is 2.33. The molecule has 0 unspecified atom stereocenters. The van der Waals surface area contributed by atoms with E-state index in [1.165, 1.54) is 24.3 Å². The molecule has 23 heavy (non-hydrogen) atoms. The molecule has 8 heteroatoms. The van der Waals surface area contributed by atoms with Crippen LogP contribution in [0.4, 0.5) is 20.2 Å². The van der Waals surface area contributed by atoms with Crippen LogP contribution in [0.2, 0.25) is 5.02 Å². The summed E-state index contributed by atoms with van der Waals surface area (Å²) in [5.41, 5.74) is -0.247. The molecule has 0 aromatic heterocycles. The summed E-state index contributed by atoms with van der Waals surface area (Å²) in [4.78, 5) is 21.8. The lowest BCUT2D eigenvalue weighted by Crippen LogP contribution is -2.09. The van der Waals surface area contributed by atoms with Crippen LogP contribution < -0.4 is 5.32 Å². The number of amides is 1. The summed E-state index contributed by atoms with van der Waals surface area (Å²) >= 11 is 5.67. The highest BCUT2D eigenvalue weighted by molar-refractivity contribution is 6.32. The number of nitrogens with one attached hydrogen (secondary N) is 1. The molecule has 118 valence electrons. The Hall–Kier alpha value is -2.80. The van der Waals surface area contributed by atoms with Crippen molar-refractivity contribution in [3.05, 3.63) is 74.8 Å². The molecule has 0 aliphatic rings. The summed E-state index contributed by atoms with van der Waals surface area (Å²) in [6.45, 7) is 0. The third-order valence-electron chi connectivity index (χ3n) is 2.78. The highest BCUT2D eigenvalue weighted by atomic mass is 35.5. The van der Waals surface area contributed by atoms with Gasteiger partial charge in [-0.1, -0.05) is 17.7 Å². The van der Waals surface area contributed by atoms with Gasteiger partial charge in [-0.05, 0) is 29.8 Å². The smallest absolute Gasteiger partial charge is 0.288 e. The fraction of sp³-hybridized carbons (Fsp3) is 0. The first-order valence-corrected chi connectivity index (χ1v) is 6.62. The van der Waals surface area contributed by atoms with Crippen molar-refractivity contribution in [3.8, 4) is 0 Å². The van der Waals surface area contributed by atoms with Crippen LogP contribution in [0.5, 0.6) is 0 Å². The van der Waals surface area contributed by atoms with E-state index in [0.717, 1.165) is 24.3 Å². The molecule has 0 saturated carbocycles. The maximum Gasteiger partial charge on any atom is 0.288 e. The van der Waals surface area contributed by atoms with E-state index in [4.69, 9.17) is 11.6 Å². The van der Waals surface area contributed by atoms with Crippen molar-refractivity contribution in [3.63, 3.8) is 0 Å². The van der Waals surface area contributed by atoms with Gasteiger partial charge >= 0.3 is 0 Å². The van der Waals surface area contributed by atoms with Crippen LogP contribution in [0, 0.1) is 21.7 Å². The SMILES string of the molecule is O=C(/C=C/c1ccc(Cl)c([N+](=O)[O-])c1)Nc1cc(F)ccc1F. The molecule has 1 amide bonds. The van der Waals surface area contributed by atoms with Crippen LogP contribution in [0.25, 0.3) is 6.08 Å². The Morgan fingerprint density at radius 3 is 2.65 bits per heavy atom. The predicted molar refractivity (Wildman–Crippen MR) is 82.1 cm³/mol. The normalized spacial score (nSPS) is 10.7. The first-order valence-electron chi connectivity index (χ1n) is 6.25. The summed E-state index contributed by atoms with van der Waals surface area (Å²) in [6, 6.07) is 6.64. The van der Waals surface area contributed by atoms with E-state index in [9.17, 15) is 23.7 Å². The number of nitro groups is 1. The Morgan fingerprint density at radius 1 is 1.22 bits per heavy atom. The minimum atomic E-state index is -0.782. The van der Waals surface area contributed by atoms with Gasteiger partial charge in [0, 0.05) is 18.2 Å². The van der Waals surface area contributed by atoms with Gasteiger partial charge in [0.05, 0.1) is 10.6 Å². The minimum Gasteiger partial charge on any atom is -0.320 e. The number of hydrogen-bond donors (Lipinski definition) is 1. The van der Waals surface area contributed by atoms with Gasteiger partial charge in [0.15, 0.2) is 0 Å².